The number of carbonyl (C=O) groups excluding carboxylic acids is 2. The summed E-state index contributed by atoms with van der Waals surface area (Å²) in [5.41, 5.74) is 0.601. The van der Waals surface area contributed by atoms with Gasteiger partial charge in [-0.25, -0.2) is 9.18 Å². The average molecular weight is 384 g/mol. The van der Waals surface area contributed by atoms with E-state index in [1.807, 2.05) is 0 Å². The van der Waals surface area contributed by atoms with Crippen LogP contribution in [0.15, 0.2) is 42.2 Å². The van der Waals surface area contributed by atoms with Gasteiger partial charge in [-0.1, -0.05) is 18.2 Å². The van der Waals surface area contributed by atoms with Crippen LogP contribution in [0.5, 0.6) is 11.5 Å². The van der Waals surface area contributed by atoms with Crippen LogP contribution in [-0.2, 0) is 9.53 Å². The lowest BCUT2D eigenvalue weighted by molar-refractivity contribution is -0.157. The number of halogens is 1. The normalized spacial score (nSPS) is 14.6. The molecule has 0 amide bonds. The molecular weight excluding hydrogens is 363 g/mol. The standard InChI is InChI=1S/C22H21FO5/c1-13-17(26-12-19(24)28-22(2,3)4)10-9-15-20(25)18(27-21(13)15)11-14-7-5-6-8-16(14)23/h5-11H,12H2,1-4H3/b18-11-. The second-order valence-corrected chi connectivity index (χ2v) is 7.40. The molecule has 0 unspecified atom stereocenters. The Balaban J connectivity index is 1.80. The zero-order chi connectivity index (χ0) is 20.5. The molecule has 28 heavy (non-hydrogen) atoms. The maximum atomic E-state index is 13.9. The van der Waals surface area contributed by atoms with Gasteiger partial charge in [0.15, 0.2) is 12.4 Å². The van der Waals surface area contributed by atoms with Crippen molar-refractivity contribution in [2.45, 2.75) is 33.3 Å². The summed E-state index contributed by atoms with van der Waals surface area (Å²) in [5.74, 6) is -0.489. The van der Waals surface area contributed by atoms with Crippen LogP contribution in [0.1, 0.15) is 42.3 Å². The van der Waals surface area contributed by atoms with Gasteiger partial charge in [0.1, 0.15) is 22.9 Å². The van der Waals surface area contributed by atoms with Crippen molar-refractivity contribution in [3.05, 3.63) is 64.7 Å². The lowest BCUT2D eigenvalue weighted by Crippen LogP contribution is -2.27. The molecule has 0 spiro atoms. The third-order valence-corrected chi connectivity index (χ3v) is 3.99. The van der Waals surface area contributed by atoms with Crippen molar-refractivity contribution in [2.24, 2.45) is 0 Å². The lowest BCUT2D eigenvalue weighted by Gasteiger charge is -2.19. The van der Waals surface area contributed by atoms with Gasteiger partial charge in [0.25, 0.3) is 0 Å². The average Bonchev–Trinajstić information content (AvgIpc) is 2.92. The molecule has 146 valence electrons. The highest BCUT2D eigenvalue weighted by Gasteiger charge is 2.30. The number of Topliss-reactive ketones (excluding diaryl/α,β-unsaturated/α-hetero) is 1. The monoisotopic (exact) mass is 384 g/mol. The van der Waals surface area contributed by atoms with Gasteiger partial charge in [0, 0.05) is 11.1 Å². The summed E-state index contributed by atoms with van der Waals surface area (Å²) in [4.78, 5) is 24.4. The third-order valence-electron chi connectivity index (χ3n) is 3.99. The molecule has 5 nitrogen and oxygen atoms in total. The summed E-state index contributed by atoms with van der Waals surface area (Å²) in [6, 6.07) is 9.29. The SMILES string of the molecule is Cc1c(OCC(=O)OC(C)(C)C)ccc2c1O/C(=C\c1ccccc1F)C2=O. The number of fused-ring (bicyclic) bond motifs is 1. The maximum absolute atomic E-state index is 13.9. The molecule has 1 aliphatic heterocycles. The highest BCUT2D eigenvalue weighted by atomic mass is 19.1. The Bertz CT molecular complexity index is 969. The number of allylic oxidation sites excluding steroid dienone is 1. The van der Waals surface area contributed by atoms with Crippen LogP contribution < -0.4 is 9.47 Å². The summed E-state index contributed by atoms with van der Waals surface area (Å²) in [6.07, 6.45) is 1.37. The van der Waals surface area contributed by atoms with E-state index >= 15 is 0 Å². The van der Waals surface area contributed by atoms with Crippen LogP contribution in [-0.4, -0.2) is 24.0 Å². The van der Waals surface area contributed by atoms with Crippen LogP contribution in [0, 0.1) is 12.7 Å². The number of esters is 1. The molecule has 0 saturated heterocycles. The van der Waals surface area contributed by atoms with E-state index in [-0.39, 0.29) is 23.7 Å². The van der Waals surface area contributed by atoms with Gasteiger partial charge in [-0.2, -0.15) is 0 Å². The van der Waals surface area contributed by atoms with Gasteiger partial charge in [0.05, 0.1) is 5.56 Å². The Morgan fingerprint density at radius 1 is 1.18 bits per heavy atom. The summed E-state index contributed by atoms with van der Waals surface area (Å²) >= 11 is 0. The molecule has 0 aliphatic carbocycles. The van der Waals surface area contributed by atoms with Gasteiger partial charge in [-0.3, -0.25) is 4.79 Å². The molecule has 0 atom stereocenters. The Morgan fingerprint density at radius 2 is 1.89 bits per heavy atom. The van der Waals surface area contributed by atoms with Crippen LogP contribution >= 0.6 is 0 Å². The fraction of sp³-hybridized carbons (Fsp3) is 0.273. The van der Waals surface area contributed by atoms with E-state index < -0.39 is 17.4 Å². The molecule has 1 aliphatic rings. The molecule has 2 aromatic rings. The largest absolute Gasteiger partial charge is 0.481 e. The first kappa shape index (κ1) is 19.6. The van der Waals surface area contributed by atoms with Crippen molar-refractivity contribution in [3.63, 3.8) is 0 Å². The molecule has 3 rings (SSSR count). The van der Waals surface area contributed by atoms with Gasteiger partial charge in [-0.05, 0) is 52.0 Å². The number of ether oxygens (including phenoxy) is 3. The van der Waals surface area contributed by atoms with Gasteiger partial charge in [0.2, 0.25) is 5.78 Å². The molecule has 0 bridgehead atoms. The number of ketones is 1. The number of hydrogen-bond donors (Lipinski definition) is 0. The van der Waals surface area contributed by atoms with Gasteiger partial charge in [-0.15, -0.1) is 0 Å². The maximum Gasteiger partial charge on any atom is 0.344 e. The molecule has 6 heteroatoms. The molecule has 2 aromatic carbocycles. The number of rotatable bonds is 4. The van der Waals surface area contributed by atoms with E-state index in [2.05, 4.69) is 0 Å². The first-order valence-corrected chi connectivity index (χ1v) is 8.83. The second kappa shape index (κ2) is 7.46. The lowest BCUT2D eigenvalue weighted by atomic mass is 10.1. The van der Waals surface area contributed by atoms with E-state index in [1.54, 1.807) is 58.0 Å². The highest BCUT2D eigenvalue weighted by molar-refractivity contribution is 6.15. The van der Waals surface area contributed by atoms with Crippen molar-refractivity contribution in [3.8, 4) is 11.5 Å². The second-order valence-electron chi connectivity index (χ2n) is 7.40. The minimum Gasteiger partial charge on any atom is -0.481 e. The van der Waals surface area contributed by atoms with Gasteiger partial charge >= 0.3 is 5.97 Å². The fourth-order valence-electron chi connectivity index (χ4n) is 2.77. The Labute approximate surface area is 162 Å². The van der Waals surface area contributed by atoms with E-state index in [9.17, 15) is 14.0 Å². The van der Waals surface area contributed by atoms with Crippen molar-refractivity contribution in [1.82, 2.24) is 0 Å². The predicted molar refractivity (Wildman–Crippen MR) is 102 cm³/mol. The Kier molecular flexibility index (Phi) is 5.23. The van der Waals surface area contributed by atoms with Crippen LogP contribution in [0.25, 0.3) is 6.08 Å². The third kappa shape index (κ3) is 4.22. The van der Waals surface area contributed by atoms with E-state index in [0.29, 0.717) is 22.6 Å². The van der Waals surface area contributed by atoms with Crippen LogP contribution in [0.2, 0.25) is 0 Å². The first-order chi connectivity index (χ1) is 13.2. The van der Waals surface area contributed by atoms with Crippen molar-refractivity contribution in [1.29, 1.82) is 0 Å². The quantitative estimate of drug-likeness (QED) is 0.575. The molecule has 0 N–H and O–H groups in total. The molecule has 0 fully saturated rings. The van der Waals surface area contributed by atoms with E-state index in [0.717, 1.165) is 0 Å². The Hall–Kier alpha value is -3.15. The minimum absolute atomic E-state index is 0.0347. The smallest absolute Gasteiger partial charge is 0.344 e. The van der Waals surface area contributed by atoms with Gasteiger partial charge < -0.3 is 14.2 Å². The minimum atomic E-state index is -0.602. The molecule has 0 radical (unpaired) electrons. The van der Waals surface area contributed by atoms with E-state index in [1.165, 1.54) is 12.1 Å². The zero-order valence-corrected chi connectivity index (χ0v) is 16.2. The van der Waals surface area contributed by atoms with Crippen LogP contribution in [0.4, 0.5) is 4.39 Å². The Morgan fingerprint density at radius 3 is 2.57 bits per heavy atom. The zero-order valence-electron chi connectivity index (χ0n) is 16.2. The first-order valence-electron chi connectivity index (χ1n) is 8.83. The fourth-order valence-corrected chi connectivity index (χ4v) is 2.77. The highest BCUT2D eigenvalue weighted by Crippen LogP contribution is 2.39. The number of hydrogen-bond acceptors (Lipinski definition) is 5. The van der Waals surface area contributed by atoms with Crippen molar-refractivity contribution in [2.75, 3.05) is 6.61 Å². The van der Waals surface area contributed by atoms with Crippen molar-refractivity contribution < 1.29 is 28.2 Å². The summed E-state index contributed by atoms with van der Waals surface area (Å²) < 4.78 is 30.3. The molecule has 0 aromatic heterocycles. The molecular formula is C22H21FO5. The summed E-state index contributed by atoms with van der Waals surface area (Å²) in [6.45, 7) is 6.78. The van der Waals surface area contributed by atoms with E-state index in [4.69, 9.17) is 14.2 Å². The number of carbonyl (C=O) groups is 2. The summed E-state index contributed by atoms with van der Waals surface area (Å²) in [5, 5.41) is 0. The number of benzene rings is 2. The topological polar surface area (TPSA) is 61.8 Å². The molecule has 1 heterocycles. The predicted octanol–water partition coefficient (Wildman–Crippen LogP) is 4.47. The van der Waals surface area contributed by atoms with Crippen molar-refractivity contribution >= 4 is 17.8 Å². The van der Waals surface area contributed by atoms with Crippen LogP contribution in [0.3, 0.4) is 0 Å². The summed E-state index contributed by atoms with van der Waals surface area (Å²) in [7, 11) is 0. The molecule has 0 saturated carbocycles.